The van der Waals surface area contributed by atoms with Crippen molar-refractivity contribution in [1.29, 1.82) is 0 Å². The molecule has 0 aliphatic rings. The van der Waals surface area contributed by atoms with Crippen LogP contribution in [0, 0.1) is 0 Å². The van der Waals surface area contributed by atoms with Crippen LogP contribution in [0.4, 0.5) is 0 Å². The van der Waals surface area contributed by atoms with E-state index in [1.807, 2.05) is 78.9 Å². The average Bonchev–Trinajstić information content (AvgIpc) is 3.60. The number of furan rings is 1. The van der Waals surface area contributed by atoms with Crippen molar-refractivity contribution in [1.82, 2.24) is 0 Å². The summed E-state index contributed by atoms with van der Waals surface area (Å²) in [5.41, 5.74) is 4.43. The zero-order valence-corrected chi connectivity index (χ0v) is 23.8. The maximum Gasteiger partial charge on any atom is 0.143 e. The van der Waals surface area contributed by atoms with Crippen LogP contribution in [0.15, 0.2) is 174 Å². The largest absolute Gasteiger partial charge is 0.455 e. The Hall–Kier alpha value is -5.92. The van der Waals surface area contributed by atoms with Crippen molar-refractivity contribution in [2.75, 3.05) is 0 Å². The monoisotopic (exact) mass is 582 g/mol. The van der Waals surface area contributed by atoms with E-state index in [1.165, 1.54) is 6.07 Å². The SMILES string of the molecule is [2H]c1cc(-c2c([2H])c([2H])c([2H])c3oc4c(-c5c6ccccc6c(-c6ccccc6-c6ccccc6)c6ccccc56)c([2H])c([2H])c([2H])c4c23)c([2H])c([2H])c1[2H]. The summed E-state index contributed by atoms with van der Waals surface area (Å²) in [7, 11) is 0. The van der Waals surface area contributed by atoms with E-state index in [4.69, 9.17) is 15.4 Å². The molecule has 0 fully saturated rings. The van der Waals surface area contributed by atoms with Gasteiger partial charge < -0.3 is 4.42 Å². The molecule has 0 aliphatic heterocycles. The van der Waals surface area contributed by atoms with Crippen LogP contribution in [-0.4, -0.2) is 0 Å². The molecular weight excluding hydrogens is 544 g/mol. The third-order valence-electron chi connectivity index (χ3n) is 8.40. The lowest BCUT2D eigenvalue weighted by molar-refractivity contribution is 0.670. The maximum atomic E-state index is 9.42. The van der Waals surface area contributed by atoms with Crippen molar-refractivity contribution in [3.63, 3.8) is 0 Å². The first-order valence-electron chi connectivity index (χ1n) is 19.6. The highest BCUT2D eigenvalue weighted by Crippen LogP contribution is 2.48. The zero-order chi connectivity index (χ0) is 38.4. The van der Waals surface area contributed by atoms with E-state index in [0.29, 0.717) is 5.56 Å². The Balaban J connectivity index is 1.47. The molecule has 210 valence electrons. The first-order valence-corrected chi connectivity index (χ1v) is 14.6. The van der Waals surface area contributed by atoms with Gasteiger partial charge in [-0.3, -0.25) is 0 Å². The number of hydrogen-bond acceptors (Lipinski definition) is 1. The molecule has 0 bridgehead atoms. The van der Waals surface area contributed by atoms with Gasteiger partial charge in [0.05, 0.1) is 13.7 Å². The topological polar surface area (TPSA) is 13.1 Å². The molecular formula is C44H28O. The van der Waals surface area contributed by atoms with Crippen molar-refractivity contribution in [2.24, 2.45) is 0 Å². The predicted octanol–water partition coefficient (Wildman–Crippen LogP) is 12.6. The summed E-state index contributed by atoms with van der Waals surface area (Å²) in [4.78, 5) is 0. The number of fused-ring (bicyclic) bond motifs is 5. The summed E-state index contributed by atoms with van der Waals surface area (Å²) in [5, 5.41) is 3.26. The Labute approximate surface area is 275 Å². The normalized spacial score (nSPS) is 14.7. The average molecular weight is 583 g/mol. The van der Waals surface area contributed by atoms with Crippen molar-refractivity contribution in [3.05, 3.63) is 170 Å². The molecule has 45 heavy (non-hydrogen) atoms. The molecule has 0 amide bonds. The Kier molecular flexibility index (Phi) is 4.01. The molecule has 0 N–H and O–H groups in total. The molecule has 0 atom stereocenters. The number of para-hydroxylation sites is 1. The molecule has 9 rings (SSSR count). The smallest absolute Gasteiger partial charge is 0.143 e. The number of rotatable bonds is 4. The highest BCUT2D eigenvalue weighted by atomic mass is 16.3. The Bertz CT molecular complexity index is 3040. The fraction of sp³-hybridized carbons (Fsp3) is 0. The lowest BCUT2D eigenvalue weighted by atomic mass is 9.83. The van der Waals surface area contributed by atoms with Gasteiger partial charge in [0, 0.05) is 21.9 Å². The van der Waals surface area contributed by atoms with Crippen LogP contribution in [0.1, 0.15) is 13.7 Å². The second-order valence-electron chi connectivity index (χ2n) is 10.8. The highest BCUT2D eigenvalue weighted by molar-refractivity contribution is 6.25. The highest BCUT2D eigenvalue weighted by Gasteiger charge is 2.22. The Morgan fingerprint density at radius 3 is 1.71 bits per heavy atom. The van der Waals surface area contributed by atoms with Gasteiger partial charge in [-0.25, -0.2) is 0 Å². The van der Waals surface area contributed by atoms with Gasteiger partial charge in [0.1, 0.15) is 11.2 Å². The molecule has 8 aromatic carbocycles. The van der Waals surface area contributed by atoms with E-state index >= 15 is 0 Å². The van der Waals surface area contributed by atoms with Crippen LogP contribution in [0.5, 0.6) is 0 Å². The first-order chi connectivity index (χ1) is 26.5. The van der Waals surface area contributed by atoms with Gasteiger partial charge in [0.2, 0.25) is 0 Å². The van der Waals surface area contributed by atoms with Gasteiger partial charge in [-0.05, 0) is 61.0 Å². The summed E-state index contributed by atoms with van der Waals surface area (Å²) in [6.07, 6.45) is 0. The van der Waals surface area contributed by atoms with Crippen LogP contribution in [-0.2, 0) is 0 Å². The lowest BCUT2D eigenvalue weighted by Gasteiger charge is -2.19. The first kappa shape index (κ1) is 17.4. The summed E-state index contributed by atoms with van der Waals surface area (Å²) in [6.45, 7) is 0. The van der Waals surface area contributed by atoms with Gasteiger partial charge in [0.15, 0.2) is 0 Å². The van der Waals surface area contributed by atoms with Crippen LogP contribution in [0.3, 0.4) is 0 Å². The maximum absolute atomic E-state index is 9.42. The summed E-state index contributed by atoms with van der Waals surface area (Å²) in [5.74, 6) is 0. The summed E-state index contributed by atoms with van der Waals surface area (Å²) < 4.78 is 94.5. The standard InChI is InChI=1S/C44H28O/c1-3-15-29(16-4-1)31-19-7-8-20-33(31)41-34-21-9-11-23-36(34)42(37-24-12-10-22-35(37)41)38-26-13-27-39-43-32(30-17-5-2-6-18-30)25-14-28-40(43)45-44(38)39/h1-28H/i2D,5D,6D,13D,14D,17D,25D,26D,27D,28D. The lowest BCUT2D eigenvalue weighted by Crippen LogP contribution is -1.92. The van der Waals surface area contributed by atoms with Crippen molar-refractivity contribution in [2.45, 2.75) is 0 Å². The van der Waals surface area contributed by atoms with Gasteiger partial charge in [0.25, 0.3) is 0 Å². The minimum atomic E-state index is -0.544. The summed E-state index contributed by atoms with van der Waals surface area (Å²) in [6, 6.07) is 30.7. The van der Waals surface area contributed by atoms with E-state index in [-0.39, 0.29) is 50.7 Å². The zero-order valence-electron chi connectivity index (χ0n) is 33.8. The van der Waals surface area contributed by atoms with Crippen molar-refractivity contribution in [3.8, 4) is 44.5 Å². The molecule has 9 aromatic rings. The Morgan fingerprint density at radius 1 is 0.378 bits per heavy atom. The number of hydrogen-bond donors (Lipinski definition) is 0. The molecule has 0 unspecified atom stereocenters. The molecule has 1 aromatic heterocycles. The van der Waals surface area contributed by atoms with Crippen LogP contribution in [0.25, 0.3) is 88.0 Å². The minimum Gasteiger partial charge on any atom is -0.455 e. The van der Waals surface area contributed by atoms with Crippen LogP contribution >= 0.6 is 0 Å². The molecule has 0 spiro atoms. The molecule has 1 heterocycles. The second kappa shape index (κ2) is 10.4. The fourth-order valence-electron chi connectivity index (χ4n) is 6.53. The molecule has 0 radical (unpaired) electrons. The molecule has 0 saturated carbocycles. The second-order valence-corrected chi connectivity index (χ2v) is 10.8. The van der Waals surface area contributed by atoms with Gasteiger partial charge in [-0.2, -0.15) is 0 Å². The summed E-state index contributed by atoms with van der Waals surface area (Å²) >= 11 is 0. The van der Waals surface area contributed by atoms with E-state index < -0.39 is 48.3 Å². The van der Waals surface area contributed by atoms with E-state index in [0.717, 1.165) is 43.8 Å². The molecule has 1 heteroatoms. The fourth-order valence-corrected chi connectivity index (χ4v) is 6.53. The predicted molar refractivity (Wildman–Crippen MR) is 190 cm³/mol. The number of benzene rings is 8. The third-order valence-corrected chi connectivity index (χ3v) is 8.40. The van der Waals surface area contributed by atoms with Gasteiger partial charge in [-0.15, -0.1) is 0 Å². The van der Waals surface area contributed by atoms with E-state index in [1.54, 1.807) is 0 Å². The Morgan fingerprint density at radius 2 is 0.978 bits per heavy atom. The molecule has 0 aliphatic carbocycles. The van der Waals surface area contributed by atoms with Crippen LogP contribution in [0.2, 0.25) is 0 Å². The van der Waals surface area contributed by atoms with Gasteiger partial charge >= 0.3 is 0 Å². The van der Waals surface area contributed by atoms with Crippen molar-refractivity contribution >= 4 is 43.5 Å². The third kappa shape index (κ3) is 4.02. The van der Waals surface area contributed by atoms with Crippen molar-refractivity contribution < 1.29 is 18.1 Å². The van der Waals surface area contributed by atoms with E-state index in [2.05, 4.69) is 24.3 Å². The minimum absolute atomic E-state index is 0.00722. The quantitative estimate of drug-likeness (QED) is 0.188. The van der Waals surface area contributed by atoms with Crippen LogP contribution < -0.4 is 0 Å². The van der Waals surface area contributed by atoms with E-state index in [9.17, 15) is 2.74 Å². The molecule has 1 nitrogen and oxygen atoms in total. The van der Waals surface area contributed by atoms with Gasteiger partial charge in [-0.1, -0.05) is 164 Å². The molecule has 0 saturated heterocycles.